The number of hydrogen-bond donors (Lipinski definition) is 2. The van der Waals surface area contributed by atoms with Gasteiger partial charge in [0.15, 0.2) is 0 Å². The Balaban J connectivity index is 0.870. The monoisotopic (exact) mass is 1080 g/mol. The van der Waals surface area contributed by atoms with Gasteiger partial charge in [0.1, 0.15) is 17.3 Å². The van der Waals surface area contributed by atoms with Gasteiger partial charge in [-0.3, -0.25) is 4.57 Å². The van der Waals surface area contributed by atoms with E-state index in [0.29, 0.717) is 0 Å². The van der Waals surface area contributed by atoms with Gasteiger partial charge in [-0.1, -0.05) is 220 Å². The Morgan fingerprint density at radius 3 is 1.55 bits per heavy atom. The average molecular weight is 1080 g/mol. The third-order valence-corrected chi connectivity index (χ3v) is 17.4. The van der Waals surface area contributed by atoms with Crippen LogP contribution in [0.3, 0.4) is 0 Å². The predicted molar refractivity (Wildman–Crippen MR) is 348 cm³/mol. The first kappa shape index (κ1) is 51.7. The van der Waals surface area contributed by atoms with Crippen LogP contribution < -0.4 is 15.4 Å². The lowest BCUT2D eigenvalue weighted by atomic mass is 9.70. The first-order valence-electron chi connectivity index (χ1n) is 29.2. The number of nitrogens with zero attached hydrogens (tertiary/aromatic N) is 2. The standard InChI is InChI=1S/C78H68N4O/c1-75(2,3)51-40-41-79-73(46-51)82-71-35-19-13-27-63(71)64-39-37-56(48-72(64)82)83-55-23-20-22-54(47-55)80-69-33-17-18-34-70(69)81-74-57(28-21-29-58(74)50-42-52(76(4,5)6)45-53(43-50)77(7,8)9)49-36-38-62-61-26-12-16-32-67(61)78(68(62)44-49)65-30-14-10-24-59(65)60-25-11-15-31-66(60)78/h10-48,80-81H,1-9H3. The van der Waals surface area contributed by atoms with Crippen LogP contribution in [0.25, 0.3) is 72.1 Å². The van der Waals surface area contributed by atoms with E-state index >= 15 is 0 Å². The van der Waals surface area contributed by atoms with Crippen LogP contribution in [0.4, 0.5) is 22.7 Å². The minimum absolute atomic E-state index is 0.0267. The Morgan fingerprint density at radius 1 is 0.373 bits per heavy atom. The summed E-state index contributed by atoms with van der Waals surface area (Å²) in [6, 6.07) is 84.5. The molecule has 0 aliphatic heterocycles. The maximum Gasteiger partial charge on any atom is 0.137 e. The zero-order valence-corrected chi connectivity index (χ0v) is 48.8. The van der Waals surface area contributed by atoms with Gasteiger partial charge in [-0.25, -0.2) is 4.98 Å². The summed E-state index contributed by atoms with van der Waals surface area (Å²) in [5.41, 5.74) is 24.2. The fraction of sp³-hybridized carbons (Fsp3) is 0.167. The van der Waals surface area contributed by atoms with Crippen molar-refractivity contribution in [2.75, 3.05) is 10.6 Å². The molecular weight excluding hydrogens is 1010 g/mol. The number of para-hydroxylation sites is 4. The van der Waals surface area contributed by atoms with Gasteiger partial charge in [0.05, 0.1) is 33.5 Å². The van der Waals surface area contributed by atoms with Crippen molar-refractivity contribution in [3.63, 3.8) is 0 Å². The van der Waals surface area contributed by atoms with Crippen LogP contribution in [0, 0.1) is 0 Å². The fourth-order valence-corrected chi connectivity index (χ4v) is 13.1. The van der Waals surface area contributed by atoms with E-state index in [9.17, 15) is 0 Å². The van der Waals surface area contributed by atoms with E-state index in [1.54, 1.807) is 0 Å². The van der Waals surface area contributed by atoms with Crippen molar-refractivity contribution in [2.24, 2.45) is 0 Å². The first-order valence-corrected chi connectivity index (χ1v) is 29.2. The van der Waals surface area contributed by atoms with Crippen molar-refractivity contribution in [1.29, 1.82) is 0 Å². The Bertz CT molecular complexity index is 4460. The van der Waals surface area contributed by atoms with Crippen LogP contribution >= 0.6 is 0 Å². The molecule has 406 valence electrons. The number of aromatic nitrogens is 2. The summed E-state index contributed by atoms with van der Waals surface area (Å²) in [5.74, 6) is 2.35. The Hall–Kier alpha value is -9.45. The molecule has 1 spiro atoms. The van der Waals surface area contributed by atoms with Gasteiger partial charge in [-0.05, 0) is 149 Å². The molecule has 12 aromatic rings. The quantitative estimate of drug-likeness (QED) is 0.151. The minimum Gasteiger partial charge on any atom is -0.457 e. The molecule has 14 rings (SSSR count). The largest absolute Gasteiger partial charge is 0.457 e. The van der Waals surface area contributed by atoms with Gasteiger partial charge in [-0.2, -0.15) is 0 Å². The van der Waals surface area contributed by atoms with Gasteiger partial charge in [0, 0.05) is 45.9 Å². The lowest BCUT2D eigenvalue weighted by molar-refractivity contribution is 0.483. The molecule has 10 aromatic carbocycles. The van der Waals surface area contributed by atoms with Crippen molar-refractivity contribution >= 4 is 44.6 Å². The molecule has 0 unspecified atom stereocenters. The molecule has 0 radical (unpaired) electrons. The molecule has 2 aromatic heterocycles. The summed E-state index contributed by atoms with van der Waals surface area (Å²) < 4.78 is 9.05. The van der Waals surface area contributed by atoms with Crippen LogP contribution in [0.5, 0.6) is 11.5 Å². The Kier molecular flexibility index (Phi) is 12.0. The number of nitrogens with one attached hydrogen (secondary N) is 2. The summed E-state index contributed by atoms with van der Waals surface area (Å²) in [7, 11) is 0. The van der Waals surface area contributed by atoms with Gasteiger partial charge in [0.25, 0.3) is 0 Å². The normalized spacial score (nSPS) is 13.2. The summed E-state index contributed by atoms with van der Waals surface area (Å²) in [5, 5.41) is 10.3. The van der Waals surface area contributed by atoms with Crippen molar-refractivity contribution < 1.29 is 4.74 Å². The molecule has 2 heterocycles. The van der Waals surface area contributed by atoms with E-state index in [2.05, 4.69) is 296 Å². The third-order valence-electron chi connectivity index (χ3n) is 17.4. The molecule has 2 aliphatic carbocycles. The highest BCUT2D eigenvalue weighted by Crippen LogP contribution is 2.63. The Morgan fingerprint density at radius 2 is 0.904 bits per heavy atom. The van der Waals surface area contributed by atoms with E-state index in [4.69, 9.17) is 9.72 Å². The third kappa shape index (κ3) is 8.72. The molecule has 0 atom stereocenters. The molecule has 5 heteroatoms. The lowest BCUT2D eigenvalue weighted by Gasteiger charge is -2.31. The molecule has 0 fully saturated rings. The van der Waals surface area contributed by atoms with Crippen LogP contribution in [0.2, 0.25) is 0 Å². The molecule has 0 saturated heterocycles. The lowest BCUT2D eigenvalue weighted by Crippen LogP contribution is -2.25. The summed E-state index contributed by atoms with van der Waals surface area (Å²) in [4.78, 5) is 4.91. The number of anilines is 4. The first-order chi connectivity index (χ1) is 40.0. The minimum atomic E-state index is -0.472. The molecule has 0 bridgehead atoms. The van der Waals surface area contributed by atoms with Crippen LogP contribution in [-0.2, 0) is 21.7 Å². The number of benzene rings is 10. The summed E-state index contributed by atoms with van der Waals surface area (Å²) in [6.45, 7) is 20.6. The molecular formula is C78H68N4O. The fourth-order valence-electron chi connectivity index (χ4n) is 13.1. The van der Waals surface area contributed by atoms with Crippen LogP contribution in [0.1, 0.15) is 101 Å². The molecule has 2 aliphatic rings. The van der Waals surface area contributed by atoms with Gasteiger partial charge < -0.3 is 15.4 Å². The predicted octanol–water partition coefficient (Wildman–Crippen LogP) is 21.0. The molecule has 0 amide bonds. The summed E-state index contributed by atoms with van der Waals surface area (Å²) in [6.07, 6.45) is 1.92. The number of pyridine rings is 1. The second-order valence-corrected chi connectivity index (χ2v) is 25.8. The SMILES string of the molecule is CC(C)(C)c1cc(-c2cccc(-c3ccc4c(c3)C3(c5ccccc5-c5ccccc53)c3ccccc3-4)c2Nc2ccccc2Nc2cccc(Oc3ccc4c5ccccc5n(-c5cc(C(C)(C)C)ccn5)c4c3)c2)cc(C(C)(C)C)c1. The van der Waals surface area contributed by atoms with Crippen LogP contribution in [0.15, 0.2) is 237 Å². The molecule has 0 saturated carbocycles. The second kappa shape index (κ2) is 19.3. The van der Waals surface area contributed by atoms with Crippen molar-refractivity contribution in [3.8, 4) is 61.8 Å². The van der Waals surface area contributed by atoms with Gasteiger partial charge >= 0.3 is 0 Å². The highest BCUT2D eigenvalue weighted by Gasteiger charge is 2.51. The second-order valence-electron chi connectivity index (χ2n) is 25.8. The highest BCUT2D eigenvalue weighted by molar-refractivity contribution is 6.09. The van der Waals surface area contributed by atoms with Crippen molar-refractivity contribution in [1.82, 2.24) is 9.55 Å². The molecule has 2 N–H and O–H groups in total. The maximum absolute atomic E-state index is 6.79. The average Bonchev–Trinajstić information content (AvgIpc) is 1.58. The maximum atomic E-state index is 6.79. The number of rotatable bonds is 9. The topological polar surface area (TPSA) is 51.1 Å². The van der Waals surface area contributed by atoms with Crippen molar-refractivity contribution in [3.05, 3.63) is 276 Å². The van der Waals surface area contributed by atoms with E-state index < -0.39 is 5.41 Å². The number of ether oxygens (including phenoxy) is 1. The van der Waals surface area contributed by atoms with Crippen molar-refractivity contribution in [2.45, 2.75) is 84.0 Å². The van der Waals surface area contributed by atoms with E-state index in [0.717, 1.165) is 73.2 Å². The smallest absolute Gasteiger partial charge is 0.137 e. The van der Waals surface area contributed by atoms with Gasteiger partial charge in [-0.15, -0.1) is 0 Å². The zero-order chi connectivity index (χ0) is 57.0. The zero-order valence-electron chi connectivity index (χ0n) is 48.8. The van der Waals surface area contributed by atoms with E-state index in [1.165, 1.54) is 72.1 Å². The number of hydrogen-bond acceptors (Lipinski definition) is 4. The van der Waals surface area contributed by atoms with E-state index in [-0.39, 0.29) is 16.2 Å². The molecule has 5 nitrogen and oxygen atoms in total. The highest BCUT2D eigenvalue weighted by atomic mass is 16.5. The van der Waals surface area contributed by atoms with E-state index in [1.807, 2.05) is 18.3 Å². The van der Waals surface area contributed by atoms with Crippen LogP contribution in [-0.4, -0.2) is 9.55 Å². The van der Waals surface area contributed by atoms with Gasteiger partial charge in [0.2, 0.25) is 0 Å². The Labute approximate surface area is 488 Å². The molecule has 83 heavy (non-hydrogen) atoms. The number of fused-ring (bicyclic) bond motifs is 13. The summed E-state index contributed by atoms with van der Waals surface area (Å²) >= 11 is 0.